The van der Waals surface area contributed by atoms with E-state index >= 15 is 0 Å². The maximum atomic E-state index is 12.4. The molecule has 5 heteroatoms. The zero-order valence-electron chi connectivity index (χ0n) is 11.0. The number of carbonyl (C=O) groups excluding carboxylic acids is 2. The molecule has 3 atom stereocenters. The van der Waals surface area contributed by atoms with Crippen LogP contribution in [0, 0.1) is 5.92 Å². The van der Waals surface area contributed by atoms with E-state index in [2.05, 4.69) is 0 Å². The molecule has 0 bridgehead atoms. The van der Waals surface area contributed by atoms with Crippen LogP contribution in [0.25, 0.3) is 0 Å². The highest BCUT2D eigenvalue weighted by Crippen LogP contribution is 2.25. The number of likely N-dealkylation sites (N-methyl/N-ethyl adjacent to an activating group) is 1. The highest BCUT2D eigenvalue weighted by molar-refractivity contribution is 5.89. The topological polar surface area (TPSA) is 66.6 Å². The Morgan fingerprint density at radius 3 is 2.61 bits per heavy atom. The molecule has 2 rings (SSSR count). The van der Waals surface area contributed by atoms with Crippen molar-refractivity contribution in [3.05, 3.63) is 12.2 Å². The molecule has 0 aromatic rings. The van der Waals surface area contributed by atoms with Crippen molar-refractivity contribution in [2.45, 2.75) is 31.3 Å². The van der Waals surface area contributed by atoms with Gasteiger partial charge in [0.25, 0.3) is 0 Å². The Kier molecular flexibility index (Phi) is 3.71. The van der Waals surface area contributed by atoms with Crippen LogP contribution in [0.5, 0.6) is 0 Å². The van der Waals surface area contributed by atoms with E-state index in [0.717, 1.165) is 12.8 Å². The molecule has 0 aromatic heterocycles. The van der Waals surface area contributed by atoms with Crippen molar-refractivity contribution in [1.29, 1.82) is 0 Å². The Morgan fingerprint density at radius 2 is 2.06 bits per heavy atom. The Labute approximate surface area is 108 Å². The first-order valence-corrected chi connectivity index (χ1v) is 6.46. The number of hydrogen-bond acceptors (Lipinski definition) is 3. The first kappa shape index (κ1) is 13.1. The summed E-state index contributed by atoms with van der Waals surface area (Å²) >= 11 is 0. The molecule has 2 amide bonds. The highest BCUT2D eigenvalue weighted by Gasteiger charge is 2.38. The minimum atomic E-state index is -0.280. The average molecular weight is 251 g/mol. The highest BCUT2D eigenvalue weighted by atomic mass is 16.2. The molecule has 2 N–H and O–H groups in total. The molecule has 0 spiro atoms. The third kappa shape index (κ3) is 2.41. The summed E-state index contributed by atoms with van der Waals surface area (Å²) < 4.78 is 0. The summed E-state index contributed by atoms with van der Waals surface area (Å²) in [4.78, 5) is 27.7. The van der Waals surface area contributed by atoms with Gasteiger partial charge in [0.05, 0.1) is 5.92 Å². The van der Waals surface area contributed by atoms with Crippen molar-refractivity contribution in [2.75, 3.05) is 20.6 Å². The predicted molar refractivity (Wildman–Crippen MR) is 68.7 cm³/mol. The van der Waals surface area contributed by atoms with Crippen LogP contribution in [-0.2, 0) is 9.59 Å². The SMILES string of the molecule is CN(C)C(=O)C1CCCN1C(=O)C1C=CC(N)C1. The smallest absolute Gasteiger partial charge is 0.244 e. The van der Waals surface area contributed by atoms with E-state index in [4.69, 9.17) is 5.73 Å². The molecule has 0 aromatic carbocycles. The van der Waals surface area contributed by atoms with E-state index < -0.39 is 0 Å². The molecule has 0 radical (unpaired) electrons. The second kappa shape index (κ2) is 5.10. The van der Waals surface area contributed by atoms with Crippen molar-refractivity contribution >= 4 is 11.8 Å². The van der Waals surface area contributed by atoms with Gasteiger partial charge < -0.3 is 15.5 Å². The Morgan fingerprint density at radius 1 is 1.33 bits per heavy atom. The zero-order chi connectivity index (χ0) is 13.3. The van der Waals surface area contributed by atoms with Gasteiger partial charge in [-0.05, 0) is 19.3 Å². The molecule has 1 heterocycles. The monoisotopic (exact) mass is 251 g/mol. The van der Waals surface area contributed by atoms with Gasteiger partial charge in [-0.25, -0.2) is 0 Å². The second-order valence-electron chi connectivity index (χ2n) is 5.31. The molecule has 1 aliphatic heterocycles. The fraction of sp³-hybridized carbons (Fsp3) is 0.692. The third-order valence-electron chi connectivity index (χ3n) is 3.70. The van der Waals surface area contributed by atoms with Crippen LogP contribution in [0.1, 0.15) is 19.3 Å². The molecule has 3 unspecified atom stereocenters. The number of carbonyl (C=O) groups is 2. The second-order valence-corrected chi connectivity index (χ2v) is 5.31. The first-order chi connectivity index (χ1) is 8.50. The van der Waals surface area contributed by atoms with Crippen LogP contribution in [0.3, 0.4) is 0 Å². The fourth-order valence-electron chi connectivity index (χ4n) is 2.71. The lowest BCUT2D eigenvalue weighted by Gasteiger charge is -2.28. The summed E-state index contributed by atoms with van der Waals surface area (Å²) in [7, 11) is 3.46. The zero-order valence-corrected chi connectivity index (χ0v) is 11.0. The van der Waals surface area contributed by atoms with Gasteiger partial charge >= 0.3 is 0 Å². The molecule has 100 valence electrons. The first-order valence-electron chi connectivity index (χ1n) is 6.46. The Balaban J connectivity index is 2.05. The van der Waals surface area contributed by atoms with E-state index in [9.17, 15) is 9.59 Å². The largest absolute Gasteiger partial charge is 0.347 e. The van der Waals surface area contributed by atoms with E-state index in [0.29, 0.717) is 13.0 Å². The summed E-state index contributed by atoms with van der Waals surface area (Å²) in [5, 5.41) is 0. The fourth-order valence-corrected chi connectivity index (χ4v) is 2.71. The standard InChI is InChI=1S/C13H21N3O2/c1-15(2)13(18)11-4-3-7-16(11)12(17)9-5-6-10(14)8-9/h5-6,9-11H,3-4,7-8,14H2,1-2H3. The summed E-state index contributed by atoms with van der Waals surface area (Å²) in [6.45, 7) is 0.683. The van der Waals surface area contributed by atoms with Crippen molar-refractivity contribution in [3.8, 4) is 0 Å². The lowest BCUT2D eigenvalue weighted by Crippen LogP contribution is -2.47. The average Bonchev–Trinajstić information content (AvgIpc) is 2.95. The Bertz CT molecular complexity index is 378. The van der Waals surface area contributed by atoms with Crippen molar-refractivity contribution in [1.82, 2.24) is 9.80 Å². The van der Waals surface area contributed by atoms with Crippen LogP contribution in [0.15, 0.2) is 12.2 Å². The summed E-state index contributed by atoms with van der Waals surface area (Å²) in [6.07, 6.45) is 6.09. The molecule has 1 fully saturated rings. The van der Waals surface area contributed by atoms with Gasteiger partial charge in [-0.15, -0.1) is 0 Å². The van der Waals surface area contributed by atoms with Gasteiger partial charge in [-0.3, -0.25) is 9.59 Å². The van der Waals surface area contributed by atoms with Gasteiger partial charge in [0, 0.05) is 26.7 Å². The molecular weight excluding hydrogens is 230 g/mol. The van der Waals surface area contributed by atoms with Gasteiger partial charge in [0.2, 0.25) is 11.8 Å². The number of likely N-dealkylation sites (tertiary alicyclic amines) is 1. The summed E-state index contributed by atoms with van der Waals surface area (Å²) in [6, 6.07) is -0.303. The van der Waals surface area contributed by atoms with Gasteiger partial charge in [-0.2, -0.15) is 0 Å². The molecule has 18 heavy (non-hydrogen) atoms. The van der Waals surface area contributed by atoms with Crippen LogP contribution >= 0.6 is 0 Å². The van der Waals surface area contributed by atoms with Crippen molar-refractivity contribution in [3.63, 3.8) is 0 Å². The number of nitrogens with zero attached hydrogens (tertiary/aromatic N) is 2. The minimum Gasteiger partial charge on any atom is -0.347 e. The number of nitrogens with two attached hydrogens (primary N) is 1. The number of hydrogen-bond donors (Lipinski definition) is 1. The van der Waals surface area contributed by atoms with Crippen LogP contribution in [0.2, 0.25) is 0 Å². The maximum absolute atomic E-state index is 12.4. The maximum Gasteiger partial charge on any atom is 0.244 e. The van der Waals surface area contributed by atoms with Gasteiger partial charge in [0.15, 0.2) is 0 Å². The lowest BCUT2D eigenvalue weighted by molar-refractivity contribution is -0.143. The van der Waals surface area contributed by atoms with Crippen LogP contribution in [-0.4, -0.2) is 54.3 Å². The van der Waals surface area contributed by atoms with Crippen LogP contribution in [0.4, 0.5) is 0 Å². The number of amides is 2. The van der Waals surface area contributed by atoms with Gasteiger partial charge in [-0.1, -0.05) is 12.2 Å². The van der Waals surface area contributed by atoms with Crippen molar-refractivity contribution in [2.24, 2.45) is 11.7 Å². The van der Waals surface area contributed by atoms with E-state index in [1.807, 2.05) is 12.2 Å². The lowest BCUT2D eigenvalue weighted by atomic mass is 10.1. The molecule has 0 saturated carbocycles. The minimum absolute atomic E-state index is 0.0205. The van der Waals surface area contributed by atoms with Gasteiger partial charge in [0.1, 0.15) is 6.04 Å². The molecule has 5 nitrogen and oxygen atoms in total. The molecular formula is C13H21N3O2. The Hall–Kier alpha value is -1.36. The van der Waals surface area contributed by atoms with Crippen LogP contribution < -0.4 is 5.73 Å². The summed E-state index contributed by atoms with van der Waals surface area (Å²) in [5.41, 5.74) is 5.77. The molecule has 1 saturated heterocycles. The predicted octanol–water partition coefficient (Wildman–Crippen LogP) is -0.0310. The summed E-state index contributed by atoms with van der Waals surface area (Å²) in [5.74, 6) is -0.0698. The molecule has 2 aliphatic rings. The number of rotatable bonds is 2. The third-order valence-corrected chi connectivity index (χ3v) is 3.70. The quantitative estimate of drug-likeness (QED) is 0.701. The normalized spacial score (nSPS) is 30.8. The molecule has 1 aliphatic carbocycles. The van der Waals surface area contributed by atoms with Crippen molar-refractivity contribution < 1.29 is 9.59 Å². The van der Waals surface area contributed by atoms with E-state index in [1.165, 1.54) is 0 Å². The van der Waals surface area contributed by atoms with E-state index in [1.54, 1.807) is 23.9 Å². The van der Waals surface area contributed by atoms with E-state index in [-0.39, 0.29) is 29.8 Å².